The van der Waals surface area contributed by atoms with Gasteiger partial charge in [-0.1, -0.05) is 29.8 Å². The van der Waals surface area contributed by atoms with Gasteiger partial charge in [0.1, 0.15) is 5.82 Å². The summed E-state index contributed by atoms with van der Waals surface area (Å²) in [5.41, 5.74) is 6.85. The van der Waals surface area contributed by atoms with Crippen LogP contribution < -0.4 is 11.1 Å². The zero-order valence-electron chi connectivity index (χ0n) is 14.6. The van der Waals surface area contributed by atoms with Crippen LogP contribution in [0.4, 0.5) is 5.82 Å². The Hall–Kier alpha value is -1.89. The second-order valence-corrected chi connectivity index (χ2v) is 7.62. The molecule has 6 nitrogen and oxygen atoms in total. The Morgan fingerprint density at radius 3 is 2.92 bits per heavy atom. The summed E-state index contributed by atoms with van der Waals surface area (Å²) >= 11 is 6.23. The van der Waals surface area contributed by atoms with E-state index in [0.717, 1.165) is 18.4 Å². The highest BCUT2D eigenvalue weighted by Crippen LogP contribution is 2.40. The van der Waals surface area contributed by atoms with Gasteiger partial charge in [0.15, 0.2) is 0 Å². The number of hydrogen-bond acceptors (Lipinski definition) is 4. The molecule has 2 aromatic rings. The quantitative estimate of drug-likeness (QED) is 0.814. The minimum atomic E-state index is 0.000444. The van der Waals surface area contributed by atoms with Crippen molar-refractivity contribution < 1.29 is 4.79 Å². The Bertz CT molecular complexity index is 792. The molecule has 0 spiro atoms. The summed E-state index contributed by atoms with van der Waals surface area (Å²) in [7, 11) is 0. The molecule has 2 bridgehead atoms. The van der Waals surface area contributed by atoms with Gasteiger partial charge in [-0.05, 0) is 43.4 Å². The number of hydrogen-bond donors (Lipinski definition) is 2. The molecule has 1 amide bonds. The van der Waals surface area contributed by atoms with Crippen LogP contribution in [0.2, 0.25) is 5.02 Å². The highest BCUT2D eigenvalue weighted by Gasteiger charge is 2.45. The van der Waals surface area contributed by atoms with Gasteiger partial charge in [0, 0.05) is 23.2 Å². The van der Waals surface area contributed by atoms with Gasteiger partial charge in [-0.15, -0.1) is 0 Å². The maximum atomic E-state index is 12.6. The topological polar surface area (TPSA) is 76.2 Å². The Kier molecular flexibility index (Phi) is 4.98. The summed E-state index contributed by atoms with van der Waals surface area (Å²) in [5.74, 6) is 1.23. The lowest BCUT2D eigenvalue weighted by atomic mass is 9.89. The lowest BCUT2D eigenvalue weighted by molar-refractivity contribution is -0.117. The Balaban J connectivity index is 1.40. The largest absolute Gasteiger partial charge is 0.330 e. The van der Waals surface area contributed by atoms with Crippen LogP contribution in [0.25, 0.3) is 0 Å². The van der Waals surface area contributed by atoms with Crippen LogP contribution in [0, 0.1) is 5.92 Å². The Labute approximate surface area is 158 Å². The average molecular weight is 374 g/mol. The number of nitrogens with two attached hydrogens (primary N) is 1. The SMILES string of the molecule is NC[C@@H]1C[C@H]2CC[C@@H]1N2CC(=O)Nc1ccnn1Cc1ccccc1Cl. The van der Waals surface area contributed by atoms with E-state index >= 15 is 0 Å². The third-order valence-electron chi connectivity index (χ3n) is 5.70. The lowest BCUT2D eigenvalue weighted by Gasteiger charge is -2.23. The Morgan fingerprint density at radius 2 is 2.15 bits per heavy atom. The number of halogens is 1. The molecule has 3 heterocycles. The number of fused-ring (bicyclic) bond motifs is 2. The predicted molar refractivity (Wildman–Crippen MR) is 102 cm³/mol. The van der Waals surface area contributed by atoms with Crippen LogP contribution in [-0.2, 0) is 11.3 Å². The number of benzene rings is 1. The summed E-state index contributed by atoms with van der Waals surface area (Å²) in [6.07, 6.45) is 5.15. The second kappa shape index (κ2) is 7.39. The molecule has 2 aliphatic heterocycles. The molecular weight excluding hydrogens is 350 g/mol. The van der Waals surface area contributed by atoms with Crippen molar-refractivity contribution in [2.45, 2.75) is 37.9 Å². The molecule has 1 aromatic heterocycles. The van der Waals surface area contributed by atoms with Crippen LogP contribution in [0.3, 0.4) is 0 Å². The average Bonchev–Trinajstić information content (AvgIpc) is 3.32. The summed E-state index contributed by atoms with van der Waals surface area (Å²) in [6, 6.07) is 10.4. The van der Waals surface area contributed by atoms with E-state index < -0.39 is 0 Å². The number of aromatic nitrogens is 2. The van der Waals surface area contributed by atoms with Gasteiger partial charge in [-0.25, -0.2) is 4.68 Å². The second-order valence-electron chi connectivity index (χ2n) is 7.22. The van der Waals surface area contributed by atoms with Gasteiger partial charge >= 0.3 is 0 Å². The first-order chi connectivity index (χ1) is 12.7. The van der Waals surface area contributed by atoms with Crippen molar-refractivity contribution in [2.75, 3.05) is 18.4 Å². The van der Waals surface area contributed by atoms with E-state index in [-0.39, 0.29) is 5.91 Å². The molecule has 3 N–H and O–H groups in total. The van der Waals surface area contributed by atoms with Crippen LogP contribution in [0.1, 0.15) is 24.8 Å². The van der Waals surface area contributed by atoms with Crippen LogP contribution >= 0.6 is 11.6 Å². The van der Waals surface area contributed by atoms with Gasteiger partial charge in [-0.2, -0.15) is 5.10 Å². The van der Waals surface area contributed by atoms with Gasteiger partial charge in [0.25, 0.3) is 0 Å². The molecule has 7 heteroatoms. The summed E-state index contributed by atoms with van der Waals surface area (Å²) in [5, 5.41) is 8.02. The molecule has 1 aromatic carbocycles. The number of carbonyl (C=O) groups is 1. The molecule has 3 atom stereocenters. The first kappa shape index (κ1) is 17.5. The van der Waals surface area contributed by atoms with Crippen LogP contribution in [0.5, 0.6) is 0 Å². The monoisotopic (exact) mass is 373 g/mol. The third kappa shape index (κ3) is 3.37. The molecule has 26 heavy (non-hydrogen) atoms. The number of nitrogens with zero attached hydrogens (tertiary/aromatic N) is 3. The maximum absolute atomic E-state index is 12.6. The standard InChI is InChI=1S/C19H24ClN5O/c20-16-4-2-1-3-13(16)11-25-18(7-8-22-25)23-19(26)12-24-15-5-6-17(24)14(9-15)10-21/h1-4,7-8,14-15,17H,5-6,9-12,21H2,(H,23,26)/t14-,15+,17-/m0/s1. The zero-order valence-corrected chi connectivity index (χ0v) is 15.4. The highest BCUT2D eigenvalue weighted by atomic mass is 35.5. The first-order valence-corrected chi connectivity index (χ1v) is 9.54. The normalized spacial score (nSPS) is 24.9. The van der Waals surface area contributed by atoms with E-state index in [2.05, 4.69) is 15.3 Å². The number of anilines is 1. The summed E-state index contributed by atoms with van der Waals surface area (Å²) in [4.78, 5) is 14.9. The molecule has 2 fully saturated rings. The molecule has 138 valence electrons. The van der Waals surface area contributed by atoms with Gasteiger partial charge < -0.3 is 11.1 Å². The van der Waals surface area contributed by atoms with Crippen molar-refractivity contribution in [3.05, 3.63) is 47.1 Å². The van der Waals surface area contributed by atoms with Crippen LogP contribution in [0.15, 0.2) is 36.5 Å². The van der Waals surface area contributed by atoms with E-state index in [0.29, 0.717) is 48.5 Å². The van der Waals surface area contributed by atoms with Gasteiger partial charge in [-0.3, -0.25) is 9.69 Å². The van der Waals surface area contributed by atoms with E-state index in [1.807, 2.05) is 30.3 Å². The molecular formula is C19H24ClN5O. The van der Waals surface area contributed by atoms with E-state index in [4.69, 9.17) is 17.3 Å². The predicted octanol–water partition coefficient (Wildman–Crippen LogP) is 2.33. The smallest absolute Gasteiger partial charge is 0.239 e. The third-order valence-corrected chi connectivity index (χ3v) is 6.07. The number of amides is 1. The molecule has 2 saturated heterocycles. The van der Waals surface area contributed by atoms with Gasteiger partial charge in [0.05, 0.1) is 19.3 Å². The van der Waals surface area contributed by atoms with Crippen molar-refractivity contribution in [2.24, 2.45) is 11.7 Å². The summed E-state index contributed by atoms with van der Waals surface area (Å²) in [6.45, 7) is 1.65. The molecule has 0 aliphatic carbocycles. The molecule has 0 unspecified atom stereocenters. The van der Waals surface area contributed by atoms with E-state index in [9.17, 15) is 4.79 Å². The fourth-order valence-corrected chi connectivity index (χ4v) is 4.63. The summed E-state index contributed by atoms with van der Waals surface area (Å²) < 4.78 is 1.76. The number of carbonyl (C=O) groups excluding carboxylic acids is 1. The number of rotatable bonds is 6. The van der Waals surface area contributed by atoms with Crippen LogP contribution in [-0.4, -0.2) is 45.8 Å². The fourth-order valence-electron chi connectivity index (χ4n) is 4.43. The van der Waals surface area contributed by atoms with Crippen molar-refractivity contribution in [1.29, 1.82) is 0 Å². The van der Waals surface area contributed by atoms with Crippen molar-refractivity contribution in [3.8, 4) is 0 Å². The van der Waals surface area contributed by atoms with Crippen molar-refractivity contribution >= 4 is 23.3 Å². The van der Waals surface area contributed by atoms with Gasteiger partial charge in [0.2, 0.25) is 5.91 Å². The molecule has 4 rings (SSSR count). The van der Waals surface area contributed by atoms with Crippen molar-refractivity contribution in [1.82, 2.24) is 14.7 Å². The minimum absolute atomic E-state index is 0.000444. The number of nitrogens with one attached hydrogen (secondary N) is 1. The van der Waals surface area contributed by atoms with E-state index in [1.54, 1.807) is 10.9 Å². The minimum Gasteiger partial charge on any atom is -0.330 e. The zero-order chi connectivity index (χ0) is 18.1. The molecule has 0 saturated carbocycles. The Morgan fingerprint density at radius 1 is 1.31 bits per heavy atom. The maximum Gasteiger partial charge on any atom is 0.239 e. The first-order valence-electron chi connectivity index (χ1n) is 9.16. The molecule has 0 radical (unpaired) electrons. The highest BCUT2D eigenvalue weighted by molar-refractivity contribution is 6.31. The molecule has 2 aliphatic rings. The lowest BCUT2D eigenvalue weighted by Crippen LogP contribution is -2.38. The van der Waals surface area contributed by atoms with Crippen molar-refractivity contribution in [3.63, 3.8) is 0 Å². The fraction of sp³-hybridized carbons (Fsp3) is 0.474. The van der Waals surface area contributed by atoms with E-state index in [1.165, 1.54) is 6.42 Å².